The monoisotopic (exact) mass is 268 g/mol. The van der Waals surface area contributed by atoms with Gasteiger partial charge in [-0.25, -0.2) is 4.79 Å². The molecule has 0 aliphatic heterocycles. The smallest absolute Gasteiger partial charge is 0.327 e. The molecule has 0 amide bonds. The topological polar surface area (TPSA) is 55.6 Å². The molecule has 110 valence electrons. The normalized spacial score (nSPS) is 22.6. The van der Waals surface area contributed by atoms with Crippen molar-refractivity contribution in [2.24, 2.45) is 17.6 Å². The first-order chi connectivity index (χ1) is 8.97. The van der Waals surface area contributed by atoms with Crippen molar-refractivity contribution in [2.75, 3.05) is 19.7 Å². The molecule has 0 spiro atoms. The van der Waals surface area contributed by atoms with E-state index in [1.165, 1.54) is 12.8 Å². The highest BCUT2D eigenvalue weighted by Gasteiger charge is 2.51. The molecule has 2 fully saturated rings. The lowest BCUT2D eigenvalue weighted by Gasteiger charge is -2.34. The van der Waals surface area contributed by atoms with Gasteiger partial charge < -0.3 is 10.5 Å². The second-order valence-electron chi connectivity index (χ2n) is 6.59. The average molecular weight is 268 g/mol. The zero-order valence-corrected chi connectivity index (χ0v) is 12.5. The van der Waals surface area contributed by atoms with Crippen molar-refractivity contribution in [2.45, 2.75) is 58.0 Å². The van der Waals surface area contributed by atoms with Gasteiger partial charge in [-0.2, -0.15) is 0 Å². The van der Waals surface area contributed by atoms with Crippen LogP contribution in [0.15, 0.2) is 0 Å². The molecule has 0 aromatic heterocycles. The maximum atomic E-state index is 12.2. The SMILES string of the molecule is CCOC(=O)C(N)(CN(CC(C)C)C1CC1)C1CC1. The molecule has 0 heterocycles. The standard InChI is InChI=1S/C15H28N2O2/c1-4-19-14(18)15(16,12-5-6-12)10-17(9-11(2)3)13-7-8-13/h11-13H,4-10,16H2,1-3H3. The Kier molecular flexibility index (Phi) is 4.51. The zero-order chi connectivity index (χ0) is 14.0. The van der Waals surface area contributed by atoms with Crippen molar-refractivity contribution in [3.8, 4) is 0 Å². The van der Waals surface area contributed by atoms with Gasteiger partial charge in [-0.1, -0.05) is 13.8 Å². The van der Waals surface area contributed by atoms with Crippen LogP contribution in [0.3, 0.4) is 0 Å². The summed E-state index contributed by atoms with van der Waals surface area (Å²) in [5.74, 6) is 0.720. The molecule has 19 heavy (non-hydrogen) atoms. The maximum Gasteiger partial charge on any atom is 0.327 e. The molecule has 2 rings (SSSR count). The fourth-order valence-electron chi connectivity index (χ4n) is 2.81. The van der Waals surface area contributed by atoms with Crippen LogP contribution in [0.2, 0.25) is 0 Å². The van der Waals surface area contributed by atoms with E-state index >= 15 is 0 Å². The fourth-order valence-corrected chi connectivity index (χ4v) is 2.81. The molecule has 0 radical (unpaired) electrons. The highest BCUT2D eigenvalue weighted by atomic mass is 16.5. The van der Waals surface area contributed by atoms with E-state index in [4.69, 9.17) is 10.5 Å². The van der Waals surface area contributed by atoms with Gasteiger partial charge in [0.05, 0.1) is 6.61 Å². The quantitative estimate of drug-likeness (QED) is 0.682. The molecule has 0 aromatic rings. The van der Waals surface area contributed by atoms with Crippen LogP contribution < -0.4 is 5.73 Å². The summed E-state index contributed by atoms with van der Waals surface area (Å²) in [4.78, 5) is 14.7. The minimum Gasteiger partial charge on any atom is -0.465 e. The molecular formula is C15H28N2O2. The molecule has 2 saturated carbocycles. The second-order valence-corrected chi connectivity index (χ2v) is 6.59. The van der Waals surface area contributed by atoms with Crippen molar-refractivity contribution in [3.63, 3.8) is 0 Å². The molecule has 0 saturated heterocycles. The number of hydrogen-bond acceptors (Lipinski definition) is 4. The van der Waals surface area contributed by atoms with Crippen LogP contribution in [0.25, 0.3) is 0 Å². The van der Waals surface area contributed by atoms with Gasteiger partial charge in [0.25, 0.3) is 0 Å². The summed E-state index contributed by atoms with van der Waals surface area (Å²) in [6.07, 6.45) is 4.62. The fraction of sp³-hybridized carbons (Fsp3) is 0.933. The van der Waals surface area contributed by atoms with Crippen molar-refractivity contribution >= 4 is 5.97 Å². The third-order valence-corrected chi connectivity index (χ3v) is 4.09. The Morgan fingerprint density at radius 1 is 1.37 bits per heavy atom. The van der Waals surface area contributed by atoms with Gasteiger partial charge in [0, 0.05) is 19.1 Å². The Bertz CT molecular complexity index is 324. The molecule has 2 aliphatic rings. The highest BCUT2D eigenvalue weighted by Crippen LogP contribution is 2.41. The first-order valence-corrected chi connectivity index (χ1v) is 7.67. The number of esters is 1. The molecule has 4 heteroatoms. The van der Waals surface area contributed by atoms with E-state index in [1.54, 1.807) is 0 Å². The molecule has 0 aromatic carbocycles. The second kappa shape index (κ2) is 5.80. The molecule has 0 bridgehead atoms. The van der Waals surface area contributed by atoms with Crippen LogP contribution in [0, 0.1) is 11.8 Å². The van der Waals surface area contributed by atoms with E-state index in [2.05, 4.69) is 18.7 Å². The van der Waals surface area contributed by atoms with E-state index in [9.17, 15) is 4.79 Å². The Labute approximate surface area is 116 Å². The molecular weight excluding hydrogens is 240 g/mol. The molecule has 1 unspecified atom stereocenters. The van der Waals surface area contributed by atoms with Crippen LogP contribution in [0.4, 0.5) is 0 Å². The first kappa shape index (κ1) is 14.8. The van der Waals surface area contributed by atoms with Gasteiger partial charge >= 0.3 is 5.97 Å². The summed E-state index contributed by atoms with van der Waals surface area (Å²) >= 11 is 0. The van der Waals surface area contributed by atoms with Crippen molar-refractivity contribution < 1.29 is 9.53 Å². The van der Waals surface area contributed by atoms with Crippen LogP contribution in [-0.2, 0) is 9.53 Å². The van der Waals surface area contributed by atoms with Crippen molar-refractivity contribution in [3.05, 3.63) is 0 Å². The van der Waals surface area contributed by atoms with Crippen molar-refractivity contribution in [1.29, 1.82) is 0 Å². The lowest BCUT2D eigenvalue weighted by Crippen LogP contribution is -2.59. The van der Waals surface area contributed by atoms with E-state index < -0.39 is 5.54 Å². The Balaban J connectivity index is 2.03. The van der Waals surface area contributed by atoms with Crippen LogP contribution in [0.1, 0.15) is 46.5 Å². The molecule has 1 atom stereocenters. The average Bonchev–Trinajstić information content (AvgIpc) is 3.17. The molecule has 2 aliphatic carbocycles. The van der Waals surface area contributed by atoms with Crippen LogP contribution >= 0.6 is 0 Å². The Morgan fingerprint density at radius 2 is 2.00 bits per heavy atom. The number of rotatable bonds is 8. The lowest BCUT2D eigenvalue weighted by molar-refractivity contribution is -0.151. The predicted molar refractivity (Wildman–Crippen MR) is 75.7 cm³/mol. The number of carbonyl (C=O) groups excluding carboxylic acids is 1. The minimum atomic E-state index is -0.784. The number of carbonyl (C=O) groups is 1. The van der Waals surface area contributed by atoms with Crippen LogP contribution in [0.5, 0.6) is 0 Å². The summed E-state index contributed by atoms with van der Waals surface area (Å²) in [5.41, 5.74) is 5.67. The van der Waals surface area contributed by atoms with E-state index in [-0.39, 0.29) is 5.97 Å². The number of hydrogen-bond donors (Lipinski definition) is 1. The molecule has 2 N–H and O–H groups in total. The van der Waals surface area contributed by atoms with Gasteiger partial charge in [-0.3, -0.25) is 4.90 Å². The van der Waals surface area contributed by atoms with Crippen LogP contribution in [-0.4, -0.2) is 42.1 Å². The van der Waals surface area contributed by atoms with E-state index in [1.807, 2.05) is 6.92 Å². The van der Waals surface area contributed by atoms with Gasteiger partial charge in [0.1, 0.15) is 5.54 Å². The largest absolute Gasteiger partial charge is 0.465 e. The summed E-state index contributed by atoms with van der Waals surface area (Å²) in [6.45, 7) is 8.38. The van der Waals surface area contributed by atoms with Gasteiger partial charge in [-0.15, -0.1) is 0 Å². The highest BCUT2D eigenvalue weighted by molar-refractivity contribution is 5.82. The summed E-state index contributed by atoms with van der Waals surface area (Å²) < 4.78 is 5.22. The van der Waals surface area contributed by atoms with Gasteiger partial charge in [0.15, 0.2) is 0 Å². The molecule has 4 nitrogen and oxygen atoms in total. The predicted octanol–water partition coefficient (Wildman–Crippen LogP) is 1.78. The number of nitrogens with zero attached hydrogens (tertiary/aromatic N) is 1. The number of nitrogens with two attached hydrogens (primary N) is 1. The maximum absolute atomic E-state index is 12.2. The Morgan fingerprint density at radius 3 is 2.42 bits per heavy atom. The van der Waals surface area contributed by atoms with Crippen molar-refractivity contribution in [1.82, 2.24) is 4.90 Å². The van der Waals surface area contributed by atoms with Gasteiger partial charge in [-0.05, 0) is 44.4 Å². The number of ether oxygens (including phenoxy) is 1. The Hall–Kier alpha value is -0.610. The summed E-state index contributed by atoms with van der Waals surface area (Å²) in [6, 6.07) is 0.638. The minimum absolute atomic E-state index is 0.202. The lowest BCUT2D eigenvalue weighted by atomic mass is 9.93. The van der Waals surface area contributed by atoms with Gasteiger partial charge in [0.2, 0.25) is 0 Å². The first-order valence-electron chi connectivity index (χ1n) is 7.67. The third-order valence-electron chi connectivity index (χ3n) is 4.09. The summed E-state index contributed by atoms with van der Waals surface area (Å²) in [7, 11) is 0. The zero-order valence-electron chi connectivity index (χ0n) is 12.5. The van der Waals surface area contributed by atoms with E-state index in [0.717, 1.165) is 19.4 Å². The summed E-state index contributed by atoms with van der Waals surface area (Å²) in [5, 5.41) is 0. The van der Waals surface area contributed by atoms with E-state index in [0.29, 0.717) is 31.0 Å². The third kappa shape index (κ3) is 3.69.